The highest BCUT2D eigenvalue weighted by Crippen LogP contribution is 2.23. The number of aliphatic hydroxyl groups is 1. The average Bonchev–Trinajstić information content (AvgIpc) is 2.98. The van der Waals surface area contributed by atoms with E-state index in [1.165, 1.54) is 5.56 Å². The second-order valence-corrected chi connectivity index (χ2v) is 7.54. The van der Waals surface area contributed by atoms with E-state index in [0.717, 1.165) is 11.4 Å². The Hall–Kier alpha value is -2.14. The maximum atomic E-state index is 12.7. The zero-order valence-electron chi connectivity index (χ0n) is 16.0. The molecule has 0 saturated carbocycles. The van der Waals surface area contributed by atoms with Crippen LogP contribution in [0, 0.1) is 12.8 Å². The number of carbonyl (C=O) groups is 1. The lowest BCUT2D eigenvalue weighted by molar-refractivity contribution is 0.0142. The fourth-order valence-electron chi connectivity index (χ4n) is 2.54. The van der Waals surface area contributed by atoms with Crippen molar-refractivity contribution >= 4 is 5.91 Å². The van der Waals surface area contributed by atoms with Gasteiger partial charge >= 0.3 is 0 Å². The second-order valence-electron chi connectivity index (χ2n) is 7.54. The molecule has 0 aliphatic rings. The Morgan fingerprint density at radius 1 is 1.24 bits per heavy atom. The Balaban J connectivity index is 2.30. The molecule has 1 aromatic heterocycles. The number of amides is 1. The van der Waals surface area contributed by atoms with Gasteiger partial charge in [0, 0.05) is 6.54 Å². The van der Waals surface area contributed by atoms with Crippen LogP contribution < -0.4 is 5.32 Å². The van der Waals surface area contributed by atoms with Crippen LogP contribution in [-0.4, -0.2) is 32.9 Å². The lowest BCUT2D eigenvalue weighted by atomic mass is 9.92. The first kappa shape index (κ1) is 19.2. The van der Waals surface area contributed by atoms with Crippen LogP contribution in [0.2, 0.25) is 0 Å². The zero-order chi connectivity index (χ0) is 18.8. The molecule has 1 unspecified atom stereocenters. The molecule has 2 rings (SSSR count). The first-order chi connectivity index (χ1) is 11.6. The lowest BCUT2D eigenvalue weighted by Gasteiger charge is -2.27. The highest BCUT2D eigenvalue weighted by molar-refractivity contribution is 5.95. The number of aryl methyl sites for hydroxylation is 1. The van der Waals surface area contributed by atoms with Crippen LogP contribution in [0.4, 0.5) is 0 Å². The van der Waals surface area contributed by atoms with Crippen LogP contribution in [0.5, 0.6) is 0 Å². The third-order valence-electron chi connectivity index (χ3n) is 4.73. The van der Waals surface area contributed by atoms with E-state index in [9.17, 15) is 9.90 Å². The number of nitrogens with zero attached hydrogens (tertiary/aromatic N) is 2. The van der Waals surface area contributed by atoms with Crippen molar-refractivity contribution in [3.8, 4) is 5.69 Å². The molecule has 25 heavy (non-hydrogen) atoms. The van der Waals surface area contributed by atoms with Gasteiger partial charge in [-0.1, -0.05) is 45.4 Å². The molecule has 0 aliphatic heterocycles. The molecule has 0 spiro atoms. The van der Waals surface area contributed by atoms with Crippen LogP contribution in [0.15, 0.2) is 30.5 Å². The van der Waals surface area contributed by atoms with Gasteiger partial charge in [0.1, 0.15) is 0 Å². The highest BCUT2D eigenvalue weighted by atomic mass is 16.3. The van der Waals surface area contributed by atoms with Gasteiger partial charge in [-0.05, 0) is 37.8 Å². The molecule has 0 radical (unpaired) electrons. The van der Waals surface area contributed by atoms with Crippen molar-refractivity contribution in [2.24, 2.45) is 5.92 Å². The summed E-state index contributed by atoms with van der Waals surface area (Å²) in [5.41, 5.74) is 2.58. The monoisotopic (exact) mass is 343 g/mol. The predicted octanol–water partition coefficient (Wildman–Crippen LogP) is 3.44. The quantitative estimate of drug-likeness (QED) is 0.844. The van der Waals surface area contributed by atoms with Crippen molar-refractivity contribution in [3.63, 3.8) is 0 Å². The highest BCUT2D eigenvalue weighted by Gasteiger charge is 2.27. The number of nitrogens with one attached hydrogen (secondary N) is 1. The normalized spacial score (nSPS) is 14.0. The molecule has 0 fully saturated rings. The number of rotatable bonds is 6. The number of aromatic nitrogens is 2. The summed E-state index contributed by atoms with van der Waals surface area (Å²) in [6.45, 7) is 11.9. The third-order valence-corrected chi connectivity index (χ3v) is 4.73. The zero-order valence-corrected chi connectivity index (χ0v) is 16.0. The number of benzene rings is 1. The van der Waals surface area contributed by atoms with Gasteiger partial charge in [-0.15, -0.1) is 0 Å². The summed E-state index contributed by atoms with van der Waals surface area (Å²) in [6, 6.07) is 8.06. The molecule has 2 N–H and O–H groups in total. The van der Waals surface area contributed by atoms with Gasteiger partial charge in [0.05, 0.1) is 28.7 Å². The number of hydrogen-bond donors (Lipinski definition) is 2. The van der Waals surface area contributed by atoms with Gasteiger partial charge in [0.2, 0.25) is 0 Å². The molecule has 1 aromatic carbocycles. The summed E-state index contributed by atoms with van der Waals surface area (Å²) in [5.74, 6) is -0.0224. The minimum absolute atomic E-state index is 0.0488. The molecule has 0 saturated heterocycles. The van der Waals surface area contributed by atoms with Gasteiger partial charge in [0.25, 0.3) is 5.91 Å². The Bertz CT molecular complexity index is 728. The van der Waals surface area contributed by atoms with E-state index in [-0.39, 0.29) is 24.3 Å². The van der Waals surface area contributed by atoms with Gasteiger partial charge in [-0.25, -0.2) is 4.68 Å². The molecule has 5 nitrogen and oxygen atoms in total. The molecule has 0 aliphatic carbocycles. The molecule has 1 amide bonds. The van der Waals surface area contributed by atoms with E-state index in [1.54, 1.807) is 13.1 Å². The van der Waals surface area contributed by atoms with Gasteiger partial charge in [0.15, 0.2) is 0 Å². The third kappa shape index (κ3) is 4.28. The molecule has 1 atom stereocenters. The van der Waals surface area contributed by atoms with Crippen molar-refractivity contribution in [2.45, 2.75) is 53.1 Å². The maximum Gasteiger partial charge on any atom is 0.254 e. The van der Waals surface area contributed by atoms with Crippen LogP contribution in [0.1, 0.15) is 62.2 Å². The standard InChI is InChI=1S/C20H29N3O2/c1-13(2)18-17(19(24)21-12-20(6,25)14(3)4)11-22-23(18)16-9-7-15(5)8-10-16/h7-11,13-14,25H,12H2,1-6H3,(H,21,24). The Kier molecular flexibility index (Phi) is 5.68. The predicted molar refractivity (Wildman–Crippen MR) is 100 cm³/mol. The molecule has 5 heteroatoms. The number of hydrogen-bond acceptors (Lipinski definition) is 3. The van der Waals surface area contributed by atoms with Crippen molar-refractivity contribution in [1.82, 2.24) is 15.1 Å². The van der Waals surface area contributed by atoms with Crippen molar-refractivity contribution in [3.05, 3.63) is 47.3 Å². The summed E-state index contributed by atoms with van der Waals surface area (Å²) in [6.07, 6.45) is 1.61. The Labute approximate surface area is 150 Å². The lowest BCUT2D eigenvalue weighted by Crippen LogP contribution is -2.44. The van der Waals surface area contributed by atoms with Crippen LogP contribution in [-0.2, 0) is 0 Å². The van der Waals surface area contributed by atoms with Crippen LogP contribution >= 0.6 is 0 Å². The smallest absolute Gasteiger partial charge is 0.254 e. The average molecular weight is 343 g/mol. The van der Waals surface area contributed by atoms with Crippen molar-refractivity contribution in [2.75, 3.05) is 6.54 Å². The topological polar surface area (TPSA) is 67.2 Å². The van der Waals surface area contributed by atoms with E-state index in [2.05, 4.69) is 10.4 Å². The molecule has 2 aromatic rings. The largest absolute Gasteiger partial charge is 0.388 e. The summed E-state index contributed by atoms with van der Waals surface area (Å²) in [7, 11) is 0. The van der Waals surface area contributed by atoms with E-state index in [1.807, 2.05) is 63.6 Å². The summed E-state index contributed by atoms with van der Waals surface area (Å²) < 4.78 is 1.82. The van der Waals surface area contributed by atoms with Gasteiger partial charge < -0.3 is 10.4 Å². The minimum Gasteiger partial charge on any atom is -0.388 e. The first-order valence-electron chi connectivity index (χ1n) is 8.79. The molecular formula is C20H29N3O2. The Morgan fingerprint density at radius 2 is 1.84 bits per heavy atom. The van der Waals surface area contributed by atoms with E-state index < -0.39 is 5.60 Å². The number of carbonyl (C=O) groups excluding carboxylic acids is 1. The van der Waals surface area contributed by atoms with Gasteiger partial charge in [-0.3, -0.25) is 4.79 Å². The maximum absolute atomic E-state index is 12.7. The van der Waals surface area contributed by atoms with Crippen LogP contribution in [0.3, 0.4) is 0 Å². The fraction of sp³-hybridized carbons (Fsp3) is 0.500. The van der Waals surface area contributed by atoms with Gasteiger partial charge in [-0.2, -0.15) is 5.10 Å². The summed E-state index contributed by atoms with van der Waals surface area (Å²) in [4.78, 5) is 12.7. The fourth-order valence-corrected chi connectivity index (χ4v) is 2.54. The van der Waals surface area contributed by atoms with Crippen molar-refractivity contribution in [1.29, 1.82) is 0 Å². The molecular weight excluding hydrogens is 314 g/mol. The van der Waals surface area contributed by atoms with Crippen LogP contribution in [0.25, 0.3) is 5.69 Å². The SMILES string of the molecule is Cc1ccc(-n2ncc(C(=O)NCC(C)(O)C(C)C)c2C(C)C)cc1. The first-order valence-corrected chi connectivity index (χ1v) is 8.79. The van der Waals surface area contributed by atoms with E-state index in [4.69, 9.17) is 0 Å². The van der Waals surface area contributed by atoms with E-state index >= 15 is 0 Å². The minimum atomic E-state index is -0.944. The van der Waals surface area contributed by atoms with E-state index in [0.29, 0.717) is 5.56 Å². The summed E-state index contributed by atoms with van der Waals surface area (Å²) in [5, 5.41) is 17.6. The van der Waals surface area contributed by atoms with Crippen molar-refractivity contribution < 1.29 is 9.90 Å². The molecule has 136 valence electrons. The molecule has 0 bridgehead atoms. The second kappa shape index (κ2) is 7.40. The molecule has 1 heterocycles. The Morgan fingerprint density at radius 3 is 2.36 bits per heavy atom. The summed E-state index contributed by atoms with van der Waals surface area (Å²) >= 11 is 0.